The SMILES string of the molecule is O=C(/C=C/c1ccccc1)NCCNC(=O)c1ccccc1I. The van der Waals surface area contributed by atoms with Crippen LogP contribution in [0.25, 0.3) is 6.08 Å². The van der Waals surface area contributed by atoms with E-state index in [1.165, 1.54) is 6.08 Å². The van der Waals surface area contributed by atoms with Crippen LogP contribution >= 0.6 is 22.6 Å². The Morgan fingerprint density at radius 2 is 1.57 bits per heavy atom. The Morgan fingerprint density at radius 3 is 2.30 bits per heavy atom. The molecule has 0 aliphatic heterocycles. The lowest BCUT2D eigenvalue weighted by Gasteiger charge is -2.07. The molecular weight excluding hydrogens is 403 g/mol. The Bertz CT molecular complexity index is 699. The molecule has 118 valence electrons. The van der Waals surface area contributed by atoms with Crippen molar-refractivity contribution in [1.82, 2.24) is 10.6 Å². The van der Waals surface area contributed by atoms with E-state index in [2.05, 4.69) is 33.2 Å². The minimum atomic E-state index is -0.183. The number of benzene rings is 2. The molecule has 0 aromatic heterocycles. The third-order valence-electron chi connectivity index (χ3n) is 3.06. The van der Waals surface area contributed by atoms with E-state index >= 15 is 0 Å². The summed E-state index contributed by atoms with van der Waals surface area (Å²) in [5.41, 5.74) is 1.61. The van der Waals surface area contributed by atoms with Gasteiger partial charge in [0.1, 0.15) is 0 Å². The van der Waals surface area contributed by atoms with Gasteiger partial charge in [0, 0.05) is 22.7 Å². The van der Waals surface area contributed by atoms with Gasteiger partial charge in [-0.15, -0.1) is 0 Å². The van der Waals surface area contributed by atoms with Crippen LogP contribution in [0.3, 0.4) is 0 Å². The first-order valence-electron chi connectivity index (χ1n) is 7.20. The molecule has 0 heterocycles. The second kappa shape index (κ2) is 9.09. The van der Waals surface area contributed by atoms with Gasteiger partial charge in [-0.3, -0.25) is 9.59 Å². The summed E-state index contributed by atoms with van der Waals surface area (Å²) in [5, 5.41) is 5.52. The van der Waals surface area contributed by atoms with Crippen molar-refractivity contribution in [3.8, 4) is 0 Å². The average Bonchev–Trinajstić information content (AvgIpc) is 2.58. The fourth-order valence-electron chi connectivity index (χ4n) is 1.90. The molecule has 0 aliphatic rings. The van der Waals surface area contributed by atoms with E-state index in [9.17, 15) is 9.59 Å². The van der Waals surface area contributed by atoms with Gasteiger partial charge in [-0.05, 0) is 46.4 Å². The van der Waals surface area contributed by atoms with E-state index in [-0.39, 0.29) is 11.8 Å². The van der Waals surface area contributed by atoms with E-state index in [0.717, 1.165) is 9.13 Å². The van der Waals surface area contributed by atoms with Gasteiger partial charge in [-0.2, -0.15) is 0 Å². The van der Waals surface area contributed by atoms with Gasteiger partial charge in [0.25, 0.3) is 5.91 Å². The minimum absolute atomic E-state index is 0.135. The summed E-state index contributed by atoms with van der Waals surface area (Å²) >= 11 is 2.12. The zero-order valence-electron chi connectivity index (χ0n) is 12.5. The molecule has 0 saturated carbocycles. The van der Waals surface area contributed by atoms with Gasteiger partial charge in [0.15, 0.2) is 0 Å². The van der Waals surface area contributed by atoms with Crippen LogP contribution in [0.5, 0.6) is 0 Å². The second-order valence-corrected chi connectivity index (χ2v) is 5.93. The van der Waals surface area contributed by atoms with E-state index in [0.29, 0.717) is 18.7 Å². The van der Waals surface area contributed by atoms with Crippen molar-refractivity contribution in [2.24, 2.45) is 0 Å². The third kappa shape index (κ3) is 5.86. The number of hydrogen-bond acceptors (Lipinski definition) is 2. The van der Waals surface area contributed by atoms with Crippen molar-refractivity contribution in [3.63, 3.8) is 0 Å². The predicted octanol–water partition coefficient (Wildman–Crippen LogP) is 2.85. The number of hydrogen-bond donors (Lipinski definition) is 2. The summed E-state index contributed by atoms with van der Waals surface area (Å²) in [6.07, 6.45) is 3.23. The largest absolute Gasteiger partial charge is 0.351 e. The first kappa shape index (κ1) is 17.2. The molecule has 0 spiro atoms. The van der Waals surface area contributed by atoms with Crippen LogP contribution in [0.15, 0.2) is 60.7 Å². The normalized spacial score (nSPS) is 10.5. The van der Waals surface area contributed by atoms with Crippen LogP contribution in [0.2, 0.25) is 0 Å². The molecule has 4 nitrogen and oxygen atoms in total. The molecule has 0 saturated heterocycles. The lowest BCUT2D eigenvalue weighted by molar-refractivity contribution is -0.116. The standard InChI is InChI=1S/C18H17IN2O2/c19-16-9-5-4-8-15(16)18(23)21-13-12-20-17(22)11-10-14-6-2-1-3-7-14/h1-11H,12-13H2,(H,20,22)(H,21,23)/b11-10+. The summed E-state index contributed by atoms with van der Waals surface area (Å²) in [5.74, 6) is -0.318. The maximum Gasteiger partial charge on any atom is 0.252 e. The summed E-state index contributed by atoms with van der Waals surface area (Å²) < 4.78 is 0.900. The van der Waals surface area contributed by atoms with Crippen molar-refractivity contribution in [2.75, 3.05) is 13.1 Å². The Morgan fingerprint density at radius 1 is 0.913 bits per heavy atom. The van der Waals surface area contributed by atoms with Crippen LogP contribution in [0, 0.1) is 3.57 Å². The van der Waals surface area contributed by atoms with Gasteiger partial charge in [0.05, 0.1) is 5.56 Å². The first-order valence-corrected chi connectivity index (χ1v) is 8.28. The number of carbonyl (C=O) groups is 2. The quantitative estimate of drug-likeness (QED) is 0.429. The Balaban J connectivity index is 1.71. The molecule has 0 atom stereocenters. The average molecular weight is 420 g/mol. The van der Waals surface area contributed by atoms with E-state index in [1.807, 2.05) is 48.5 Å². The molecule has 2 aromatic rings. The molecule has 0 unspecified atom stereocenters. The molecule has 2 rings (SSSR count). The Hall–Kier alpha value is -2.15. The number of nitrogens with one attached hydrogen (secondary N) is 2. The maximum absolute atomic E-state index is 12.0. The highest BCUT2D eigenvalue weighted by Gasteiger charge is 2.07. The van der Waals surface area contributed by atoms with Gasteiger partial charge < -0.3 is 10.6 Å². The zero-order valence-corrected chi connectivity index (χ0v) is 14.6. The Labute approximate surface area is 149 Å². The number of rotatable bonds is 6. The van der Waals surface area contributed by atoms with E-state index in [1.54, 1.807) is 12.1 Å². The van der Waals surface area contributed by atoms with Crippen molar-refractivity contribution in [3.05, 3.63) is 75.4 Å². The van der Waals surface area contributed by atoms with Gasteiger partial charge >= 0.3 is 0 Å². The Kier molecular flexibility index (Phi) is 6.80. The highest BCUT2D eigenvalue weighted by Crippen LogP contribution is 2.10. The number of halogens is 1. The number of carbonyl (C=O) groups excluding carboxylic acids is 2. The van der Waals surface area contributed by atoms with Gasteiger partial charge in [-0.25, -0.2) is 0 Å². The summed E-state index contributed by atoms with van der Waals surface area (Å²) in [4.78, 5) is 23.7. The summed E-state index contributed by atoms with van der Waals surface area (Å²) in [6.45, 7) is 0.766. The van der Waals surface area contributed by atoms with E-state index in [4.69, 9.17) is 0 Å². The highest BCUT2D eigenvalue weighted by atomic mass is 127. The topological polar surface area (TPSA) is 58.2 Å². The molecule has 0 fully saturated rings. The highest BCUT2D eigenvalue weighted by molar-refractivity contribution is 14.1. The van der Waals surface area contributed by atoms with Crippen molar-refractivity contribution in [1.29, 1.82) is 0 Å². The number of amides is 2. The predicted molar refractivity (Wildman–Crippen MR) is 100.0 cm³/mol. The summed E-state index contributed by atoms with van der Waals surface area (Å²) in [7, 11) is 0. The molecule has 0 aliphatic carbocycles. The zero-order chi connectivity index (χ0) is 16.5. The molecule has 2 amide bonds. The third-order valence-corrected chi connectivity index (χ3v) is 4.00. The van der Waals surface area contributed by atoms with Gasteiger partial charge in [0.2, 0.25) is 5.91 Å². The van der Waals surface area contributed by atoms with Crippen molar-refractivity contribution < 1.29 is 9.59 Å². The maximum atomic E-state index is 12.0. The van der Waals surface area contributed by atoms with Crippen LogP contribution in [0.1, 0.15) is 15.9 Å². The van der Waals surface area contributed by atoms with Crippen molar-refractivity contribution >= 4 is 40.5 Å². The smallest absolute Gasteiger partial charge is 0.252 e. The first-order chi connectivity index (χ1) is 11.2. The minimum Gasteiger partial charge on any atom is -0.351 e. The van der Waals surface area contributed by atoms with Crippen molar-refractivity contribution in [2.45, 2.75) is 0 Å². The summed E-state index contributed by atoms with van der Waals surface area (Å²) in [6, 6.07) is 17.0. The van der Waals surface area contributed by atoms with Crippen LogP contribution in [0.4, 0.5) is 0 Å². The molecule has 5 heteroatoms. The van der Waals surface area contributed by atoms with Crippen LogP contribution < -0.4 is 10.6 Å². The molecule has 23 heavy (non-hydrogen) atoms. The van der Waals surface area contributed by atoms with E-state index < -0.39 is 0 Å². The molecule has 2 aromatic carbocycles. The van der Waals surface area contributed by atoms with Gasteiger partial charge in [-0.1, -0.05) is 42.5 Å². The fraction of sp³-hybridized carbons (Fsp3) is 0.111. The molecule has 0 radical (unpaired) electrons. The van der Waals surface area contributed by atoms with Crippen LogP contribution in [-0.2, 0) is 4.79 Å². The molecular formula is C18H17IN2O2. The molecule has 0 bridgehead atoms. The lowest BCUT2D eigenvalue weighted by atomic mass is 10.2. The molecule has 2 N–H and O–H groups in total. The fourth-order valence-corrected chi connectivity index (χ4v) is 2.53. The van der Waals surface area contributed by atoms with Crippen LogP contribution in [-0.4, -0.2) is 24.9 Å². The lowest BCUT2D eigenvalue weighted by Crippen LogP contribution is -2.34. The monoisotopic (exact) mass is 420 g/mol. The second-order valence-electron chi connectivity index (χ2n) is 4.77.